The van der Waals surface area contributed by atoms with Crippen LogP contribution < -0.4 is 14.4 Å². The molecule has 0 saturated carbocycles. The predicted molar refractivity (Wildman–Crippen MR) is 128 cm³/mol. The predicted octanol–water partition coefficient (Wildman–Crippen LogP) is 3.39. The monoisotopic (exact) mass is 470 g/mol. The molecule has 1 amide bonds. The number of benzene rings is 2. The molecule has 0 bridgehead atoms. The smallest absolute Gasteiger partial charge is 0.332 e. The van der Waals surface area contributed by atoms with Crippen molar-refractivity contribution in [2.45, 2.75) is 28.9 Å². The van der Waals surface area contributed by atoms with Crippen molar-refractivity contribution in [2.75, 3.05) is 52.4 Å². The molecule has 0 spiro atoms. The Hall–Kier alpha value is -2.71. The van der Waals surface area contributed by atoms with Gasteiger partial charge in [-0.1, -0.05) is 30.0 Å². The number of carbonyl (C=O) groups excluding carboxylic acids is 2. The maximum absolute atomic E-state index is 14.0. The highest BCUT2D eigenvalue weighted by Crippen LogP contribution is 2.48. The number of hydrogen-bond acceptors (Lipinski definition) is 7. The second kappa shape index (κ2) is 10.1. The summed E-state index contributed by atoms with van der Waals surface area (Å²) < 4.78 is 14.6. The Balaban J connectivity index is 1.72. The number of para-hydroxylation sites is 1. The summed E-state index contributed by atoms with van der Waals surface area (Å²) in [6.45, 7) is 3.40. The Labute approximate surface area is 199 Å². The molecule has 1 unspecified atom stereocenters. The van der Waals surface area contributed by atoms with Gasteiger partial charge in [0, 0.05) is 24.4 Å². The molecule has 1 saturated heterocycles. The lowest BCUT2D eigenvalue weighted by molar-refractivity contribution is -0.147. The summed E-state index contributed by atoms with van der Waals surface area (Å²) in [5, 5.41) is 0. The minimum atomic E-state index is -1.42. The van der Waals surface area contributed by atoms with Gasteiger partial charge < -0.3 is 24.0 Å². The van der Waals surface area contributed by atoms with Crippen molar-refractivity contribution in [3.63, 3.8) is 0 Å². The van der Waals surface area contributed by atoms with Crippen molar-refractivity contribution in [1.29, 1.82) is 0 Å². The van der Waals surface area contributed by atoms with E-state index in [4.69, 9.17) is 14.2 Å². The molecule has 4 rings (SSSR count). The molecule has 1 fully saturated rings. The maximum Gasteiger partial charge on any atom is 0.332 e. The molecule has 176 valence electrons. The minimum Gasteiger partial charge on any atom is -0.493 e. The van der Waals surface area contributed by atoms with Gasteiger partial charge in [0.2, 0.25) is 4.75 Å². The van der Waals surface area contributed by atoms with Gasteiger partial charge in [0.05, 0.1) is 27.0 Å². The number of hydrogen-bond donors (Lipinski definition) is 0. The van der Waals surface area contributed by atoms with E-state index in [9.17, 15) is 9.59 Å². The van der Waals surface area contributed by atoms with Crippen molar-refractivity contribution in [3.8, 4) is 11.5 Å². The second-order valence-electron chi connectivity index (χ2n) is 8.26. The molecule has 7 nitrogen and oxygen atoms in total. The molecule has 0 aliphatic carbocycles. The zero-order valence-corrected chi connectivity index (χ0v) is 20.2. The van der Waals surface area contributed by atoms with Crippen LogP contribution in [0.3, 0.4) is 0 Å². The van der Waals surface area contributed by atoms with Gasteiger partial charge in [0.1, 0.15) is 0 Å². The maximum atomic E-state index is 14.0. The molecule has 8 heteroatoms. The summed E-state index contributed by atoms with van der Waals surface area (Å²) in [5.41, 5.74) is 1.64. The van der Waals surface area contributed by atoms with Gasteiger partial charge in [-0.25, -0.2) is 4.79 Å². The summed E-state index contributed by atoms with van der Waals surface area (Å²) in [5.74, 6) is 0.350. The lowest BCUT2D eigenvalue weighted by Crippen LogP contribution is -2.57. The van der Waals surface area contributed by atoms with Crippen LogP contribution in [-0.4, -0.2) is 69.0 Å². The second-order valence-corrected chi connectivity index (χ2v) is 9.60. The third-order valence-corrected chi connectivity index (χ3v) is 7.68. The van der Waals surface area contributed by atoms with E-state index in [1.54, 1.807) is 25.2 Å². The summed E-state index contributed by atoms with van der Waals surface area (Å²) >= 11 is 1.27. The Morgan fingerprint density at radius 2 is 1.73 bits per heavy atom. The molecule has 0 aromatic heterocycles. The Kier molecular flexibility index (Phi) is 7.14. The average molecular weight is 471 g/mol. The molecule has 2 aliphatic heterocycles. The van der Waals surface area contributed by atoms with Crippen molar-refractivity contribution >= 4 is 29.3 Å². The van der Waals surface area contributed by atoms with Crippen LogP contribution in [0.15, 0.2) is 47.4 Å². The van der Waals surface area contributed by atoms with Gasteiger partial charge in [0.25, 0.3) is 5.91 Å². The van der Waals surface area contributed by atoms with Gasteiger partial charge in [-0.3, -0.25) is 4.79 Å². The van der Waals surface area contributed by atoms with Gasteiger partial charge in [-0.2, -0.15) is 0 Å². The number of esters is 1. The van der Waals surface area contributed by atoms with E-state index in [1.807, 2.05) is 36.4 Å². The average Bonchev–Trinajstić information content (AvgIpc) is 3.37. The SMILES string of the molecule is COC(=O)C1(Cc2ccc(OC)c(OC)c2)Sc2ccccc2N(CCN2CCCC2)C1=O. The van der Waals surface area contributed by atoms with E-state index in [0.29, 0.717) is 18.0 Å². The first-order valence-corrected chi connectivity index (χ1v) is 12.0. The van der Waals surface area contributed by atoms with Gasteiger partial charge in [-0.05, 0) is 55.8 Å². The molecule has 1 atom stereocenters. The van der Waals surface area contributed by atoms with Crippen LogP contribution in [0.4, 0.5) is 5.69 Å². The van der Waals surface area contributed by atoms with Crippen LogP contribution in [0.1, 0.15) is 18.4 Å². The molecule has 2 aliphatic rings. The van der Waals surface area contributed by atoms with Crippen molar-refractivity contribution in [3.05, 3.63) is 48.0 Å². The third kappa shape index (κ3) is 4.54. The van der Waals surface area contributed by atoms with Crippen LogP contribution in [0.2, 0.25) is 0 Å². The Morgan fingerprint density at radius 1 is 1.00 bits per heavy atom. The number of fused-ring (bicyclic) bond motifs is 1. The molecular formula is C25H30N2O5S. The highest BCUT2D eigenvalue weighted by atomic mass is 32.2. The van der Waals surface area contributed by atoms with E-state index in [1.165, 1.54) is 31.7 Å². The molecule has 2 aromatic rings. The molecule has 0 N–H and O–H groups in total. The number of methoxy groups -OCH3 is 3. The fourth-order valence-corrected chi connectivity index (χ4v) is 5.96. The summed E-state index contributed by atoms with van der Waals surface area (Å²) in [7, 11) is 4.47. The summed E-state index contributed by atoms with van der Waals surface area (Å²) in [6, 6.07) is 13.2. The van der Waals surface area contributed by atoms with Crippen LogP contribution in [0.25, 0.3) is 0 Å². The van der Waals surface area contributed by atoms with E-state index >= 15 is 0 Å². The molecule has 2 aromatic carbocycles. The Bertz CT molecular complexity index is 1020. The third-order valence-electron chi connectivity index (χ3n) is 6.29. The van der Waals surface area contributed by atoms with E-state index < -0.39 is 10.7 Å². The first kappa shape index (κ1) is 23.4. The zero-order valence-electron chi connectivity index (χ0n) is 19.3. The highest BCUT2D eigenvalue weighted by molar-refractivity contribution is 8.02. The van der Waals surface area contributed by atoms with Gasteiger partial charge in [-0.15, -0.1) is 0 Å². The molecular weight excluding hydrogens is 440 g/mol. The summed E-state index contributed by atoms with van der Waals surface area (Å²) in [4.78, 5) is 32.3. The van der Waals surface area contributed by atoms with Crippen LogP contribution in [0.5, 0.6) is 11.5 Å². The van der Waals surface area contributed by atoms with Gasteiger partial charge >= 0.3 is 5.97 Å². The fourth-order valence-electron chi connectivity index (χ4n) is 4.55. The van der Waals surface area contributed by atoms with E-state index in [0.717, 1.165) is 35.8 Å². The lowest BCUT2D eigenvalue weighted by Gasteiger charge is -2.40. The first-order chi connectivity index (χ1) is 16.0. The van der Waals surface area contributed by atoms with Crippen LogP contribution in [-0.2, 0) is 20.7 Å². The topological polar surface area (TPSA) is 68.3 Å². The first-order valence-electron chi connectivity index (χ1n) is 11.1. The Morgan fingerprint density at radius 3 is 2.42 bits per heavy atom. The lowest BCUT2D eigenvalue weighted by atomic mass is 9.95. The summed E-state index contributed by atoms with van der Waals surface area (Å²) in [6.07, 6.45) is 2.55. The van der Waals surface area contributed by atoms with Crippen LogP contribution >= 0.6 is 11.8 Å². The number of likely N-dealkylation sites (tertiary alicyclic amines) is 1. The number of carbonyl (C=O) groups is 2. The fraction of sp³-hybridized carbons (Fsp3) is 0.440. The number of ether oxygens (including phenoxy) is 3. The highest BCUT2D eigenvalue weighted by Gasteiger charge is 2.54. The van der Waals surface area contributed by atoms with E-state index in [-0.39, 0.29) is 12.3 Å². The minimum absolute atomic E-state index is 0.179. The van der Waals surface area contributed by atoms with Crippen molar-refractivity contribution < 1.29 is 23.8 Å². The standard InChI is InChI=1S/C25H30N2O5S/c1-30-20-11-10-18(16-21(20)31-2)17-25(24(29)32-3)23(28)27(15-14-26-12-6-7-13-26)19-8-4-5-9-22(19)33-25/h4-5,8-11,16H,6-7,12-15,17H2,1-3H3. The zero-order chi connectivity index (χ0) is 23.4. The molecule has 2 heterocycles. The number of rotatable bonds is 8. The van der Waals surface area contributed by atoms with E-state index in [2.05, 4.69) is 4.90 Å². The number of thioether (sulfide) groups is 1. The van der Waals surface area contributed by atoms with Crippen LogP contribution in [0, 0.1) is 0 Å². The molecule has 0 radical (unpaired) electrons. The molecule has 33 heavy (non-hydrogen) atoms. The number of amides is 1. The number of nitrogens with zero attached hydrogens (tertiary/aromatic N) is 2. The largest absolute Gasteiger partial charge is 0.493 e. The van der Waals surface area contributed by atoms with Crippen molar-refractivity contribution in [2.24, 2.45) is 0 Å². The van der Waals surface area contributed by atoms with Gasteiger partial charge in [0.15, 0.2) is 11.5 Å². The quantitative estimate of drug-likeness (QED) is 0.433. The van der Waals surface area contributed by atoms with Crippen molar-refractivity contribution in [1.82, 2.24) is 4.90 Å². The number of anilines is 1. The normalized spacial score (nSPS) is 20.5.